The van der Waals surface area contributed by atoms with Gasteiger partial charge in [0.25, 0.3) is 0 Å². The second-order valence-electron chi connectivity index (χ2n) is 4.75. The molecule has 0 aliphatic heterocycles. The Balaban J connectivity index is 0.00000196. The predicted octanol–water partition coefficient (Wildman–Crippen LogP) is -1.45. The van der Waals surface area contributed by atoms with E-state index in [2.05, 4.69) is 0 Å². The zero-order valence-electron chi connectivity index (χ0n) is 9.33. The van der Waals surface area contributed by atoms with Crippen LogP contribution in [0.3, 0.4) is 0 Å². The Morgan fingerprint density at radius 3 is 1.87 bits per heavy atom. The Bertz CT molecular complexity index is 287. The molecular formula is C10H14CaO4. The molecule has 0 heterocycles. The van der Waals surface area contributed by atoms with Crippen LogP contribution < -0.4 is 10.2 Å². The second kappa shape index (κ2) is 4.60. The van der Waals surface area contributed by atoms with Crippen molar-refractivity contribution in [2.45, 2.75) is 33.6 Å². The first-order valence-electron chi connectivity index (χ1n) is 4.66. The molecule has 15 heavy (non-hydrogen) atoms. The van der Waals surface area contributed by atoms with Gasteiger partial charge in [-0.1, -0.05) is 20.8 Å². The molecule has 1 aliphatic carbocycles. The summed E-state index contributed by atoms with van der Waals surface area (Å²) in [5.41, 5.74) is -1.89. The molecule has 0 aromatic heterocycles. The van der Waals surface area contributed by atoms with Gasteiger partial charge < -0.3 is 19.8 Å². The normalized spacial score (nSPS) is 33.1. The van der Waals surface area contributed by atoms with E-state index in [1.54, 1.807) is 20.8 Å². The maximum atomic E-state index is 11.0. The van der Waals surface area contributed by atoms with Crippen LogP contribution in [0.4, 0.5) is 0 Å². The quantitative estimate of drug-likeness (QED) is 0.551. The molecule has 0 aromatic carbocycles. The molecule has 80 valence electrons. The molecule has 0 spiro atoms. The van der Waals surface area contributed by atoms with Crippen LogP contribution in [0.2, 0.25) is 0 Å². The third-order valence-corrected chi connectivity index (χ3v) is 3.96. The van der Waals surface area contributed by atoms with Gasteiger partial charge in [-0.3, -0.25) is 0 Å². The summed E-state index contributed by atoms with van der Waals surface area (Å²) < 4.78 is 0. The molecule has 2 atom stereocenters. The van der Waals surface area contributed by atoms with Crippen LogP contribution in [-0.2, 0) is 9.59 Å². The summed E-state index contributed by atoms with van der Waals surface area (Å²) in [6.45, 7) is 4.85. The summed E-state index contributed by atoms with van der Waals surface area (Å²) >= 11 is 0. The first-order chi connectivity index (χ1) is 6.23. The number of hydrogen-bond donors (Lipinski definition) is 0. The number of carbonyl (C=O) groups is 2. The SMILES string of the molecule is CC1(C(=O)[O-])CCC(C(=O)[O-])C1(C)C.[Ca+2]. The third-order valence-electron chi connectivity index (χ3n) is 3.96. The third kappa shape index (κ3) is 2.17. The van der Waals surface area contributed by atoms with E-state index in [-0.39, 0.29) is 37.7 Å². The Labute approximate surface area is 119 Å². The molecule has 2 unspecified atom stereocenters. The topological polar surface area (TPSA) is 80.3 Å². The van der Waals surface area contributed by atoms with Gasteiger partial charge in [-0.15, -0.1) is 0 Å². The van der Waals surface area contributed by atoms with E-state index in [1.165, 1.54) is 0 Å². The molecule has 0 N–H and O–H groups in total. The molecule has 0 radical (unpaired) electrons. The zero-order chi connectivity index (χ0) is 11.1. The van der Waals surface area contributed by atoms with E-state index in [1.807, 2.05) is 0 Å². The number of aliphatic carboxylic acids is 2. The van der Waals surface area contributed by atoms with Crippen LogP contribution in [0.25, 0.3) is 0 Å². The summed E-state index contributed by atoms with van der Waals surface area (Å²) in [7, 11) is 0. The van der Waals surface area contributed by atoms with Gasteiger partial charge in [0.15, 0.2) is 0 Å². The summed E-state index contributed by atoms with van der Waals surface area (Å²) in [6, 6.07) is 0. The fraction of sp³-hybridized carbons (Fsp3) is 0.800. The van der Waals surface area contributed by atoms with Gasteiger partial charge >= 0.3 is 37.7 Å². The van der Waals surface area contributed by atoms with Crippen LogP contribution in [0.15, 0.2) is 0 Å². The molecular weight excluding hydrogens is 224 g/mol. The van der Waals surface area contributed by atoms with E-state index >= 15 is 0 Å². The smallest absolute Gasteiger partial charge is 0.550 e. The van der Waals surface area contributed by atoms with Crippen molar-refractivity contribution in [3.63, 3.8) is 0 Å². The Kier molecular flexibility index (Phi) is 4.66. The predicted molar refractivity (Wildman–Crippen MR) is 50.4 cm³/mol. The van der Waals surface area contributed by atoms with Crippen molar-refractivity contribution in [3.8, 4) is 0 Å². The minimum Gasteiger partial charge on any atom is -0.550 e. The molecule has 1 rings (SSSR count). The minimum atomic E-state index is -1.17. The van der Waals surface area contributed by atoms with Crippen LogP contribution in [0.5, 0.6) is 0 Å². The standard InChI is InChI=1S/C10H16O4.Ca/c1-9(2)6(7(11)12)4-5-10(9,3)8(13)14;/h6H,4-5H2,1-3H3,(H,11,12)(H,13,14);/q;+2/p-2. The monoisotopic (exact) mass is 238 g/mol. The van der Waals surface area contributed by atoms with Crippen molar-refractivity contribution >= 4 is 49.7 Å². The number of carboxylic acid groups (broad SMARTS) is 2. The molecule has 5 heteroatoms. The van der Waals surface area contributed by atoms with E-state index in [4.69, 9.17) is 0 Å². The molecule has 4 nitrogen and oxygen atoms in total. The van der Waals surface area contributed by atoms with Crippen LogP contribution >= 0.6 is 0 Å². The second-order valence-corrected chi connectivity index (χ2v) is 4.75. The largest absolute Gasteiger partial charge is 2.00 e. The van der Waals surface area contributed by atoms with Gasteiger partial charge in [0.2, 0.25) is 0 Å². The molecule has 0 bridgehead atoms. The molecule has 0 saturated heterocycles. The van der Waals surface area contributed by atoms with Gasteiger partial charge in [0, 0.05) is 23.3 Å². The molecule has 0 amide bonds. The van der Waals surface area contributed by atoms with Gasteiger partial charge in [-0.05, 0) is 18.3 Å². The number of carboxylic acids is 2. The maximum absolute atomic E-state index is 11.0. The maximum Gasteiger partial charge on any atom is 2.00 e. The molecule has 1 saturated carbocycles. The summed E-state index contributed by atoms with van der Waals surface area (Å²) in [5, 5.41) is 21.8. The van der Waals surface area contributed by atoms with E-state index < -0.39 is 28.7 Å². The van der Waals surface area contributed by atoms with E-state index in [9.17, 15) is 19.8 Å². The van der Waals surface area contributed by atoms with Gasteiger partial charge in [0.05, 0.1) is 0 Å². The minimum absolute atomic E-state index is 0. The van der Waals surface area contributed by atoms with Crippen molar-refractivity contribution in [2.75, 3.05) is 0 Å². The summed E-state index contributed by atoms with van der Waals surface area (Å²) in [5.74, 6) is -3.04. The molecule has 0 aromatic rings. The first kappa shape index (κ1) is 15.2. The molecule has 1 fully saturated rings. The molecule has 1 aliphatic rings. The van der Waals surface area contributed by atoms with Crippen molar-refractivity contribution in [1.29, 1.82) is 0 Å². The fourth-order valence-corrected chi connectivity index (χ4v) is 2.28. The van der Waals surface area contributed by atoms with Crippen LogP contribution in [0.1, 0.15) is 33.6 Å². The summed E-state index contributed by atoms with van der Waals surface area (Å²) in [6.07, 6.45) is 0.681. The number of carbonyl (C=O) groups excluding carboxylic acids is 2. The van der Waals surface area contributed by atoms with Gasteiger partial charge in [-0.25, -0.2) is 0 Å². The zero-order valence-corrected chi connectivity index (χ0v) is 11.5. The average molecular weight is 238 g/mol. The van der Waals surface area contributed by atoms with Gasteiger partial charge in [-0.2, -0.15) is 0 Å². The van der Waals surface area contributed by atoms with E-state index in [0.717, 1.165) is 0 Å². The number of hydrogen-bond acceptors (Lipinski definition) is 4. The van der Waals surface area contributed by atoms with Crippen molar-refractivity contribution in [1.82, 2.24) is 0 Å². The average Bonchev–Trinajstić information content (AvgIpc) is 2.24. The van der Waals surface area contributed by atoms with Crippen molar-refractivity contribution < 1.29 is 19.8 Å². The van der Waals surface area contributed by atoms with Crippen LogP contribution in [0, 0.1) is 16.7 Å². The Hall–Kier alpha value is 0.200. The fourth-order valence-electron chi connectivity index (χ4n) is 2.28. The first-order valence-corrected chi connectivity index (χ1v) is 4.66. The van der Waals surface area contributed by atoms with Crippen molar-refractivity contribution in [2.24, 2.45) is 16.7 Å². The Morgan fingerprint density at radius 1 is 1.20 bits per heavy atom. The van der Waals surface area contributed by atoms with E-state index in [0.29, 0.717) is 12.8 Å². The van der Waals surface area contributed by atoms with Crippen LogP contribution in [-0.4, -0.2) is 49.7 Å². The number of rotatable bonds is 2. The van der Waals surface area contributed by atoms with Gasteiger partial charge in [0.1, 0.15) is 0 Å². The van der Waals surface area contributed by atoms with Crippen molar-refractivity contribution in [3.05, 3.63) is 0 Å². The Morgan fingerprint density at radius 2 is 1.67 bits per heavy atom. The summed E-state index contributed by atoms with van der Waals surface area (Å²) in [4.78, 5) is 21.8.